The fraction of sp³-hybridized carbons (Fsp3) is 0.111. The summed E-state index contributed by atoms with van der Waals surface area (Å²) in [4.78, 5) is 0. The number of aryl methyl sites for hydroxylation is 1. The lowest BCUT2D eigenvalue weighted by Gasteiger charge is -1.93. The maximum Gasteiger partial charge on any atom is 0.304 e. The molecule has 7 heteroatoms. The number of fused-ring (bicyclic) bond motifs is 1. The summed E-state index contributed by atoms with van der Waals surface area (Å²) in [6.07, 6.45) is 0. The zero-order valence-electron chi connectivity index (χ0n) is 8.10. The molecule has 0 aliphatic heterocycles. The Hall–Kier alpha value is -0.690. The highest BCUT2D eigenvalue weighted by Crippen LogP contribution is 2.34. The summed E-state index contributed by atoms with van der Waals surface area (Å²) in [5, 5.41) is 0.521. The van der Waals surface area contributed by atoms with Crippen LogP contribution in [0.15, 0.2) is 22.4 Å². The second-order valence-electron chi connectivity index (χ2n) is 3.13. The molecule has 16 heavy (non-hydrogen) atoms. The van der Waals surface area contributed by atoms with Crippen molar-refractivity contribution in [3.05, 3.63) is 29.6 Å². The van der Waals surface area contributed by atoms with Gasteiger partial charge in [0, 0.05) is 4.70 Å². The maximum absolute atomic E-state index is 12.9. The van der Waals surface area contributed by atoms with Gasteiger partial charge in [-0.25, -0.2) is 4.39 Å². The third-order valence-electron chi connectivity index (χ3n) is 2.09. The van der Waals surface area contributed by atoms with E-state index in [1.54, 1.807) is 6.92 Å². The van der Waals surface area contributed by atoms with Gasteiger partial charge in [0.05, 0.1) is 0 Å². The predicted molar refractivity (Wildman–Crippen MR) is 63.6 cm³/mol. The van der Waals surface area contributed by atoms with Crippen molar-refractivity contribution in [2.24, 2.45) is 0 Å². The summed E-state index contributed by atoms with van der Waals surface area (Å²) in [6, 6.07) is 4.01. The summed E-state index contributed by atoms with van der Waals surface area (Å²) >= 11 is 0.935. The molecule has 3 nitrogen and oxygen atoms in total. The van der Waals surface area contributed by atoms with Crippen molar-refractivity contribution in [3.8, 4) is 0 Å². The minimum Gasteiger partial charge on any atom is -0.281 e. The predicted octanol–water partition coefficient (Wildman–Crippen LogP) is 3.02. The molecule has 2 aromatic rings. The molecule has 0 radical (unpaired) electrons. The summed E-state index contributed by atoms with van der Waals surface area (Å²) in [5.74, 6) is -0.426. The summed E-state index contributed by atoms with van der Waals surface area (Å²) in [7, 11) is -4.21. The molecule has 0 fully saturated rings. The van der Waals surface area contributed by atoms with E-state index in [1.807, 2.05) is 0 Å². The van der Waals surface area contributed by atoms with Gasteiger partial charge >= 0.3 is 10.1 Å². The van der Waals surface area contributed by atoms with E-state index in [9.17, 15) is 12.8 Å². The summed E-state index contributed by atoms with van der Waals surface area (Å²) in [6.45, 7) is 1.54. The quantitative estimate of drug-likeness (QED) is 0.818. The van der Waals surface area contributed by atoms with E-state index >= 15 is 0 Å². The van der Waals surface area contributed by atoms with Crippen LogP contribution in [0.5, 0.6) is 0 Å². The lowest BCUT2D eigenvalue weighted by molar-refractivity contribution is 0.485. The average molecular weight is 283 g/mol. The Labute approximate surface area is 102 Å². The zero-order chi connectivity index (χ0) is 11.2. The van der Waals surface area contributed by atoms with Gasteiger partial charge in [0.25, 0.3) is 0 Å². The highest BCUT2D eigenvalue weighted by molar-refractivity contribution is 7.88. The smallest absolute Gasteiger partial charge is 0.281 e. The van der Waals surface area contributed by atoms with Crippen molar-refractivity contribution >= 4 is 43.9 Å². The first-order valence-corrected chi connectivity index (χ1v) is 6.31. The van der Waals surface area contributed by atoms with Crippen LogP contribution in [0.25, 0.3) is 10.1 Å². The molecular weight excluding hydrogens is 275 g/mol. The van der Waals surface area contributed by atoms with Crippen LogP contribution in [-0.2, 0) is 10.1 Å². The molecular formula is C9H8ClFO3S2. The van der Waals surface area contributed by atoms with E-state index in [2.05, 4.69) is 0 Å². The third-order valence-corrected chi connectivity index (χ3v) is 4.81. The lowest BCUT2D eigenvalue weighted by Crippen LogP contribution is -1.96. The van der Waals surface area contributed by atoms with Gasteiger partial charge in [-0.05, 0) is 36.1 Å². The highest BCUT2D eigenvalue weighted by atomic mass is 35.5. The normalized spacial score (nSPS) is 11.4. The van der Waals surface area contributed by atoms with Crippen molar-refractivity contribution in [3.63, 3.8) is 0 Å². The Morgan fingerprint density at radius 3 is 2.56 bits per heavy atom. The fourth-order valence-corrected chi connectivity index (χ4v) is 3.53. The molecule has 1 N–H and O–H groups in total. The highest BCUT2D eigenvalue weighted by Gasteiger charge is 2.18. The molecule has 0 saturated carbocycles. The Bertz CT molecular complexity index is 633. The van der Waals surface area contributed by atoms with Crippen LogP contribution in [0.1, 0.15) is 5.56 Å². The van der Waals surface area contributed by atoms with Crippen molar-refractivity contribution < 1.29 is 17.4 Å². The Morgan fingerprint density at radius 2 is 2.00 bits per heavy atom. The largest absolute Gasteiger partial charge is 0.304 e. The van der Waals surface area contributed by atoms with Crippen molar-refractivity contribution in [2.45, 2.75) is 11.1 Å². The topological polar surface area (TPSA) is 54.4 Å². The second-order valence-corrected chi connectivity index (χ2v) is 5.80. The molecule has 0 bridgehead atoms. The van der Waals surface area contributed by atoms with Gasteiger partial charge in [-0.2, -0.15) is 8.42 Å². The van der Waals surface area contributed by atoms with Gasteiger partial charge in [-0.3, -0.25) is 4.55 Å². The minimum atomic E-state index is -4.21. The third kappa shape index (κ3) is 2.20. The molecule has 1 aromatic heterocycles. The molecule has 0 spiro atoms. The molecule has 0 aliphatic carbocycles. The van der Waals surface area contributed by atoms with Gasteiger partial charge in [0.2, 0.25) is 0 Å². The number of thiophene rings is 1. The van der Waals surface area contributed by atoms with Gasteiger partial charge in [0.15, 0.2) is 4.21 Å². The van der Waals surface area contributed by atoms with Crippen molar-refractivity contribution in [2.75, 3.05) is 0 Å². The Morgan fingerprint density at radius 1 is 1.38 bits per heavy atom. The van der Waals surface area contributed by atoms with Crippen molar-refractivity contribution in [1.82, 2.24) is 0 Å². The van der Waals surface area contributed by atoms with E-state index < -0.39 is 15.9 Å². The van der Waals surface area contributed by atoms with Crippen LogP contribution in [0, 0.1) is 12.7 Å². The second kappa shape index (κ2) is 4.29. The van der Waals surface area contributed by atoms with E-state index in [4.69, 9.17) is 4.55 Å². The lowest BCUT2D eigenvalue weighted by atomic mass is 10.2. The van der Waals surface area contributed by atoms with E-state index in [1.165, 1.54) is 18.2 Å². The number of hydrogen-bond donors (Lipinski definition) is 1. The SMILES string of the molecule is Cc1c(S(=O)(=O)O)sc2ccc(F)cc12.Cl. The number of rotatable bonds is 1. The Balaban J connectivity index is 0.00000128. The number of halogens is 2. The molecule has 1 heterocycles. The first-order valence-electron chi connectivity index (χ1n) is 4.06. The maximum atomic E-state index is 12.9. The van der Waals surface area contributed by atoms with Crippen LogP contribution in [-0.4, -0.2) is 13.0 Å². The molecule has 0 aliphatic rings. The van der Waals surface area contributed by atoms with Crippen LogP contribution in [0.3, 0.4) is 0 Å². The molecule has 1 aromatic carbocycles. The van der Waals surface area contributed by atoms with Crippen LogP contribution in [0.2, 0.25) is 0 Å². The monoisotopic (exact) mass is 282 g/mol. The first-order chi connectivity index (χ1) is 6.89. The molecule has 0 atom stereocenters. The van der Waals surface area contributed by atoms with Crippen LogP contribution < -0.4 is 0 Å². The number of benzene rings is 1. The fourth-order valence-electron chi connectivity index (χ4n) is 1.42. The minimum absolute atomic E-state index is 0. The molecule has 0 unspecified atom stereocenters. The Kier molecular flexibility index (Phi) is 3.59. The molecule has 2 rings (SSSR count). The average Bonchev–Trinajstić information content (AvgIpc) is 2.43. The van der Waals surface area contributed by atoms with E-state index in [0.29, 0.717) is 15.6 Å². The zero-order valence-corrected chi connectivity index (χ0v) is 10.5. The molecule has 0 saturated heterocycles. The van der Waals surface area contributed by atoms with Gasteiger partial charge in [-0.15, -0.1) is 23.7 Å². The molecule has 0 amide bonds. The summed E-state index contributed by atoms with van der Waals surface area (Å²) < 4.78 is 44.3. The summed E-state index contributed by atoms with van der Waals surface area (Å²) in [5.41, 5.74) is 0.386. The van der Waals surface area contributed by atoms with Gasteiger partial charge in [0.1, 0.15) is 5.82 Å². The first kappa shape index (κ1) is 13.4. The number of hydrogen-bond acceptors (Lipinski definition) is 3. The van der Waals surface area contributed by atoms with E-state index in [0.717, 1.165) is 11.3 Å². The van der Waals surface area contributed by atoms with Crippen LogP contribution >= 0.6 is 23.7 Å². The van der Waals surface area contributed by atoms with Gasteiger partial charge in [-0.1, -0.05) is 0 Å². The molecule has 88 valence electrons. The van der Waals surface area contributed by atoms with Gasteiger partial charge < -0.3 is 0 Å². The van der Waals surface area contributed by atoms with Crippen molar-refractivity contribution in [1.29, 1.82) is 0 Å². The van der Waals surface area contributed by atoms with Crippen LogP contribution in [0.4, 0.5) is 4.39 Å². The van der Waals surface area contributed by atoms with E-state index in [-0.39, 0.29) is 16.6 Å². The standard InChI is InChI=1S/C9H7FO3S2.ClH/c1-5-7-4-6(10)2-3-8(7)14-9(5)15(11,12)13;/h2-4H,1H3,(H,11,12,13);1H.